The van der Waals surface area contributed by atoms with E-state index in [1.165, 1.54) is 12.1 Å². The van der Waals surface area contributed by atoms with Crippen molar-refractivity contribution in [3.05, 3.63) is 35.6 Å². The molecule has 0 radical (unpaired) electrons. The van der Waals surface area contributed by atoms with Gasteiger partial charge in [0.05, 0.1) is 6.61 Å². The Hall–Kier alpha value is -0.580. The van der Waals surface area contributed by atoms with Crippen LogP contribution in [-0.4, -0.2) is 12.4 Å². The Morgan fingerprint density at radius 1 is 1.31 bits per heavy atom. The molecule has 0 unspecified atom stereocenters. The van der Waals surface area contributed by atoms with Gasteiger partial charge in [-0.05, 0) is 17.7 Å². The molecule has 0 aliphatic heterocycles. The molecule has 0 bridgehead atoms. The first-order chi connectivity index (χ1) is 6.33. The average molecular weight is 201 g/mol. The van der Waals surface area contributed by atoms with E-state index < -0.39 is 0 Å². The Morgan fingerprint density at radius 3 is 2.62 bits per heavy atom. The van der Waals surface area contributed by atoms with Crippen LogP contribution < -0.4 is 5.90 Å². The minimum atomic E-state index is -0.195. The summed E-state index contributed by atoms with van der Waals surface area (Å²) in [4.78, 5) is 4.42. The van der Waals surface area contributed by atoms with Crippen LogP contribution in [0.15, 0.2) is 24.3 Å². The fourth-order valence-electron chi connectivity index (χ4n) is 0.878. The number of hydrogen-bond donors (Lipinski definition) is 1. The number of halogens is 1. The molecule has 0 saturated carbocycles. The molecule has 1 rings (SSSR count). The van der Waals surface area contributed by atoms with E-state index >= 15 is 0 Å². The van der Waals surface area contributed by atoms with Gasteiger partial charge in [-0.1, -0.05) is 12.1 Å². The SMILES string of the molecule is NOCCSCc1ccc(F)cc1. The number of nitrogens with two attached hydrogens (primary N) is 1. The van der Waals surface area contributed by atoms with E-state index in [2.05, 4.69) is 4.84 Å². The Labute approximate surface area is 81.2 Å². The molecular formula is C9H12FNOS. The monoisotopic (exact) mass is 201 g/mol. The van der Waals surface area contributed by atoms with E-state index in [-0.39, 0.29) is 5.82 Å². The van der Waals surface area contributed by atoms with Gasteiger partial charge in [0.25, 0.3) is 0 Å². The van der Waals surface area contributed by atoms with Crippen molar-refractivity contribution in [3.8, 4) is 0 Å². The second-order valence-electron chi connectivity index (χ2n) is 2.55. The molecule has 0 atom stereocenters. The third-order valence-corrected chi connectivity index (χ3v) is 2.52. The largest absolute Gasteiger partial charge is 0.304 e. The maximum atomic E-state index is 12.5. The Balaban J connectivity index is 2.25. The molecule has 1 aromatic rings. The van der Waals surface area contributed by atoms with Gasteiger partial charge in [-0.25, -0.2) is 10.3 Å². The first-order valence-electron chi connectivity index (χ1n) is 3.97. The van der Waals surface area contributed by atoms with E-state index in [4.69, 9.17) is 5.90 Å². The van der Waals surface area contributed by atoms with E-state index in [1.807, 2.05) is 0 Å². The van der Waals surface area contributed by atoms with Gasteiger partial charge in [0.15, 0.2) is 0 Å². The summed E-state index contributed by atoms with van der Waals surface area (Å²) in [5.74, 6) is 6.39. The van der Waals surface area contributed by atoms with Crippen LogP contribution in [-0.2, 0) is 10.6 Å². The fraction of sp³-hybridized carbons (Fsp3) is 0.333. The summed E-state index contributed by atoms with van der Waals surface area (Å²) in [7, 11) is 0. The highest BCUT2D eigenvalue weighted by Crippen LogP contribution is 2.12. The van der Waals surface area contributed by atoms with Crippen molar-refractivity contribution in [2.24, 2.45) is 5.90 Å². The zero-order chi connectivity index (χ0) is 9.52. The lowest BCUT2D eigenvalue weighted by Gasteiger charge is -2.00. The predicted octanol–water partition coefficient (Wildman–Crippen LogP) is 1.95. The summed E-state index contributed by atoms with van der Waals surface area (Å²) in [5, 5.41) is 0. The number of thioether (sulfide) groups is 1. The molecule has 0 aliphatic rings. The molecule has 0 fully saturated rings. The van der Waals surface area contributed by atoms with Crippen LogP contribution in [0, 0.1) is 5.82 Å². The first-order valence-corrected chi connectivity index (χ1v) is 5.12. The molecule has 0 saturated heterocycles. The zero-order valence-electron chi connectivity index (χ0n) is 7.20. The van der Waals surface area contributed by atoms with Crippen LogP contribution in [0.2, 0.25) is 0 Å². The van der Waals surface area contributed by atoms with Gasteiger partial charge in [0.2, 0.25) is 0 Å². The Morgan fingerprint density at radius 2 is 2.00 bits per heavy atom. The minimum Gasteiger partial charge on any atom is -0.304 e. The van der Waals surface area contributed by atoms with Crippen LogP contribution in [0.3, 0.4) is 0 Å². The smallest absolute Gasteiger partial charge is 0.123 e. The average Bonchev–Trinajstić information content (AvgIpc) is 2.15. The van der Waals surface area contributed by atoms with Gasteiger partial charge in [-0.3, -0.25) is 0 Å². The molecule has 0 aromatic heterocycles. The van der Waals surface area contributed by atoms with Crippen molar-refractivity contribution in [3.63, 3.8) is 0 Å². The van der Waals surface area contributed by atoms with Gasteiger partial charge >= 0.3 is 0 Å². The van der Waals surface area contributed by atoms with Gasteiger partial charge in [0, 0.05) is 11.5 Å². The van der Waals surface area contributed by atoms with Crippen LogP contribution in [0.1, 0.15) is 5.56 Å². The summed E-state index contributed by atoms with van der Waals surface area (Å²) < 4.78 is 12.5. The third kappa shape index (κ3) is 4.26. The molecule has 0 aliphatic carbocycles. The van der Waals surface area contributed by atoms with Crippen molar-refractivity contribution in [2.45, 2.75) is 5.75 Å². The molecule has 72 valence electrons. The van der Waals surface area contributed by atoms with Gasteiger partial charge in [-0.2, -0.15) is 11.8 Å². The first kappa shape index (κ1) is 10.5. The molecule has 1 aromatic carbocycles. The lowest BCUT2D eigenvalue weighted by atomic mass is 10.2. The van der Waals surface area contributed by atoms with E-state index in [9.17, 15) is 4.39 Å². The zero-order valence-corrected chi connectivity index (χ0v) is 8.02. The minimum absolute atomic E-state index is 0.195. The summed E-state index contributed by atoms with van der Waals surface area (Å²) in [6.07, 6.45) is 0. The quantitative estimate of drug-likeness (QED) is 0.584. The number of benzene rings is 1. The van der Waals surface area contributed by atoms with Crippen LogP contribution in [0.25, 0.3) is 0 Å². The third-order valence-electron chi connectivity index (χ3n) is 1.53. The highest BCUT2D eigenvalue weighted by atomic mass is 32.2. The summed E-state index contributed by atoms with van der Waals surface area (Å²) >= 11 is 1.71. The fourth-order valence-corrected chi connectivity index (χ4v) is 1.66. The highest BCUT2D eigenvalue weighted by Gasteiger charge is 1.94. The van der Waals surface area contributed by atoms with Crippen molar-refractivity contribution in [1.82, 2.24) is 0 Å². The topological polar surface area (TPSA) is 35.2 Å². The maximum absolute atomic E-state index is 12.5. The number of rotatable bonds is 5. The molecule has 4 heteroatoms. The lowest BCUT2D eigenvalue weighted by Crippen LogP contribution is -2.02. The lowest BCUT2D eigenvalue weighted by molar-refractivity contribution is 0.155. The van der Waals surface area contributed by atoms with Crippen molar-refractivity contribution >= 4 is 11.8 Å². The molecule has 2 N–H and O–H groups in total. The second-order valence-corrected chi connectivity index (χ2v) is 3.66. The van der Waals surface area contributed by atoms with Gasteiger partial charge < -0.3 is 4.84 Å². The number of hydrogen-bond acceptors (Lipinski definition) is 3. The van der Waals surface area contributed by atoms with Crippen LogP contribution >= 0.6 is 11.8 Å². The van der Waals surface area contributed by atoms with Crippen molar-refractivity contribution < 1.29 is 9.23 Å². The van der Waals surface area contributed by atoms with Crippen molar-refractivity contribution in [1.29, 1.82) is 0 Å². The second kappa shape index (κ2) is 5.96. The maximum Gasteiger partial charge on any atom is 0.123 e. The molecule has 0 spiro atoms. The molecule has 0 heterocycles. The Bertz CT molecular complexity index is 240. The summed E-state index contributed by atoms with van der Waals surface area (Å²) in [6, 6.07) is 6.50. The van der Waals surface area contributed by atoms with E-state index in [0.717, 1.165) is 17.1 Å². The van der Waals surface area contributed by atoms with Crippen molar-refractivity contribution in [2.75, 3.05) is 12.4 Å². The highest BCUT2D eigenvalue weighted by molar-refractivity contribution is 7.98. The molecular weight excluding hydrogens is 189 g/mol. The molecule has 2 nitrogen and oxygen atoms in total. The summed E-state index contributed by atoms with van der Waals surface area (Å²) in [6.45, 7) is 0.547. The van der Waals surface area contributed by atoms with Gasteiger partial charge in [-0.15, -0.1) is 0 Å². The van der Waals surface area contributed by atoms with Crippen LogP contribution in [0.5, 0.6) is 0 Å². The predicted molar refractivity (Wildman–Crippen MR) is 52.7 cm³/mol. The van der Waals surface area contributed by atoms with E-state index in [0.29, 0.717) is 6.61 Å². The normalized spacial score (nSPS) is 10.3. The standard InChI is InChI=1S/C9H12FNOS/c10-9-3-1-8(2-4-9)7-13-6-5-12-11/h1-4H,5-7,11H2. The Kier molecular flexibility index (Phi) is 4.82. The van der Waals surface area contributed by atoms with Gasteiger partial charge in [0.1, 0.15) is 5.82 Å². The summed E-state index contributed by atoms with van der Waals surface area (Å²) in [5.41, 5.74) is 1.11. The van der Waals surface area contributed by atoms with E-state index in [1.54, 1.807) is 23.9 Å². The molecule has 0 amide bonds. The van der Waals surface area contributed by atoms with Crippen LogP contribution in [0.4, 0.5) is 4.39 Å². The molecule has 13 heavy (non-hydrogen) atoms.